The number of hydrogen-bond acceptors (Lipinski definition) is 3. The molecule has 0 aliphatic heterocycles. The molecule has 0 aliphatic rings. The summed E-state index contributed by atoms with van der Waals surface area (Å²) in [6.45, 7) is 6.85. The van der Waals surface area contributed by atoms with Crippen LogP contribution in [0.15, 0.2) is 24.3 Å². The first-order chi connectivity index (χ1) is 8.81. The smallest absolute Gasteiger partial charge is 0.119 e. The van der Waals surface area contributed by atoms with Crippen molar-refractivity contribution in [2.75, 3.05) is 26.9 Å². The fourth-order valence-electron chi connectivity index (χ4n) is 1.94. The van der Waals surface area contributed by atoms with Crippen LogP contribution in [0.5, 0.6) is 5.75 Å². The topological polar surface area (TPSA) is 30.5 Å². The highest BCUT2D eigenvalue weighted by Crippen LogP contribution is 2.21. The molecule has 18 heavy (non-hydrogen) atoms. The minimum Gasteiger partial charge on any atom is -0.497 e. The van der Waals surface area contributed by atoms with Gasteiger partial charge in [0.05, 0.1) is 7.11 Å². The van der Waals surface area contributed by atoms with Crippen molar-refractivity contribution < 1.29 is 9.47 Å². The van der Waals surface area contributed by atoms with Gasteiger partial charge in [0.2, 0.25) is 0 Å². The van der Waals surface area contributed by atoms with E-state index in [9.17, 15) is 0 Å². The molecule has 102 valence electrons. The Balaban J connectivity index is 2.58. The molecule has 0 saturated carbocycles. The first-order valence-electron chi connectivity index (χ1n) is 6.76. The van der Waals surface area contributed by atoms with Crippen LogP contribution in [0.3, 0.4) is 0 Å². The molecule has 3 nitrogen and oxygen atoms in total. The number of rotatable bonds is 9. The van der Waals surface area contributed by atoms with Gasteiger partial charge in [0.25, 0.3) is 0 Å². The lowest BCUT2D eigenvalue weighted by atomic mass is 10.0. The van der Waals surface area contributed by atoms with Crippen molar-refractivity contribution in [3.8, 4) is 5.75 Å². The maximum Gasteiger partial charge on any atom is 0.119 e. The van der Waals surface area contributed by atoms with Crippen molar-refractivity contribution in [2.24, 2.45) is 0 Å². The molecule has 0 aromatic heterocycles. The van der Waals surface area contributed by atoms with Gasteiger partial charge in [-0.1, -0.05) is 26.0 Å². The van der Waals surface area contributed by atoms with Crippen LogP contribution in [0.2, 0.25) is 0 Å². The van der Waals surface area contributed by atoms with E-state index in [0.29, 0.717) is 6.04 Å². The van der Waals surface area contributed by atoms with E-state index in [0.717, 1.165) is 38.3 Å². The van der Waals surface area contributed by atoms with Crippen molar-refractivity contribution >= 4 is 0 Å². The van der Waals surface area contributed by atoms with E-state index in [1.165, 1.54) is 5.56 Å². The van der Waals surface area contributed by atoms with Crippen LogP contribution < -0.4 is 10.1 Å². The molecular formula is C15H25NO2. The summed E-state index contributed by atoms with van der Waals surface area (Å²) in [5.74, 6) is 0.907. The lowest BCUT2D eigenvalue weighted by molar-refractivity contribution is 0.124. The molecule has 0 amide bonds. The van der Waals surface area contributed by atoms with Gasteiger partial charge in [-0.25, -0.2) is 0 Å². The van der Waals surface area contributed by atoms with E-state index in [1.54, 1.807) is 7.11 Å². The Morgan fingerprint density at radius 3 is 2.72 bits per heavy atom. The molecule has 0 spiro atoms. The highest BCUT2D eigenvalue weighted by molar-refractivity contribution is 5.30. The second kappa shape index (κ2) is 8.95. The Bertz CT molecular complexity index is 328. The van der Waals surface area contributed by atoms with Crippen LogP contribution in [0.4, 0.5) is 0 Å². The lowest BCUT2D eigenvalue weighted by Gasteiger charge is -2.19. The third kappa shape index (κ3) is 5.07. The van der Waals surface area contributed by atoms with Gasteiger partial charge in [-0.2, -0.15) is 0 Å². The minimum atomic E-state index is 0.335. The van der Waals surface area contributed by atoms with Gasteiger partial charge < -0.3 is 14.8 Å². The molecule has 0 bridgehead atoms. The number of ether oxygens (including phenoxy) is 2. The van der Waals surface area contributed by atoms with Crippen LogP contribution in [0.1, 0.15) is 38.3 Å². The lowest BCUT2D eigenvalue weighted by Crippen LogP contribution is -2.22. The highest BCUT2D eigenvalue weighted by atomic mass is 16.5. The van der Waals surface area contributed by atoms with Crippen LogP contribution in [-0.2, 0) is 4.74 Å². The Hall–Kier alpha value is -1.06. The summed E-state index contributed by atoms with van der Waals surface area (Å²) in [6.07, 6.45) is 2.06. The minimum absolute atomic E-state index is 0.335. The molecular weight excluding hydrogens is 226 g/mol. The molecule has 0 saturated heterocycles. The summed E-state index contributed by atoms with van der Waals surface area (Å²) >= 11 is 0. The van der Waals surface area contributed by atoms with Gasteiger partial charge >= 0.3 is 0 Å². The van der Waals surface area contributed by atoms with E-state index >= 15 is 0 Å². The molecule has 0 radical (unpaired) electrons. The molecule has 0 fully saturated rings. The van der Waals surface area contributed by atoms with Crippen molar-refractivity contribution in [2.45, 2.75) is 32.7 Å². The molecule has 1 atom stereocenters. The van der Waals surface area contributed by atoms with E-state index in [-0.39, 0.29) is 0 Å². The SMILES string of the molecule is CCCOCCC(NCC)c1cccc(OC)c1. The van der Waals surface area contributed by atoms with Crippen molar-refractivity contribution in [1.29, 1.82) is 0 Å². The second-order valence-electron chi connectivity index (χ2n) is 4.29. The van der Waals surface area contributed by atoms with Gasteiger partial charge in [0.1, 0.15) is 5.75 Å². The first kappa shape index (κ1) is 15.0. The van der Waals surface area contributed by atoms with Gasteiger partial charge in [-0.15, -0.1) is 0 Å². The maximum absolute atomic E-state index is 5.57. The van der Waals surface area contributed by atoms with Gasteiger partial charge in [-0.05, 0) is 37.1 Å². The normalized spacial score (nSPS) is 12.4. The third-order valence-corrected chi connectivity index (χ3v) is 2.85. The maximum atomic E-state index is 5.57. The van der Waals surface area contributed by atoms with E-state index in [2.05, 4.69) is 31.3 Å². The number of hydrogen-bond donors (Lipinski definition) is 1. The van der Waals surface area contributed by atoms with E-state index in [1.807, 2.05) is 12.1 Å². The monoisotopic (exact) mass is 251 g/mol. The van der Waals surface area contributed by atoms with Gasteiger partial charge in [-0.3, -0.25) is 0 Å². The Morgan fingerprint density at radius 1 is 1.22 bits per heavy atom. The summed E-state index contributed by atoms with van der Waals surface area (Å²) in [4.78, 5) is 0. The Morgan fingerprint density at radius 2 is 2.06 bits per heavy atom. The average molecular weight is 251 g/mol. The zero-order valence-corrected chi connectivity index (χ0v) is 11.7. The van der Waals surface area contributed by atoms with Crippen LogP contribution in [-0.4, -0.2) is 26.9 Å². The first-order valence-corrected chi connectivity index (χ1v) is 6.76. The van der Waals surface area contributed by atoms with Gasteiger partial charge in [0.15, 0.2) is 0 Å². The highest BCUT2D eigenvalue weighted by Gasteiger charge is 2.10. The number of nitrogens with one attached hydrogen (secondary N) is 1. The Kier molecular flexibility index (Phi) is 7.46. The van der Waals surface area contributed by atoms with Crippen molar-refractivity contribution in [1.82, 2.24) is 5.32 Å². The molecule has 1 rings (SSSR count). The summed E-state index contributed by atoms with van der Waals surface area (Å²) in [7, 11) is 1.70. The molecule has 1 N–H and O–H groups in total. The van der Waals surface area contributed by atoms with Crippen LogP contribution >= 0.6 is 0 Å². The fraction of sp³-hybridized carbons (Fsp3) is 0.600. The fourth-order valence-corrected chi connectivity index (χ4v) is 1.94. The van der Waals surface area contributed by atoms with E-state index < -0.39 is 0 Å². The zero-order chi connectivity index (χ0) is 13.2. The molecule has 0 aliphatic carbocycles. The molecule has 3 heteroatoms. The number of benzene rings is 1. The molecule has 0 heterocycles. The largest absolute Gasteiger partial charge is 0.497 e. The standard InChI is InChI=1S/C15H25NO2/c1-4-10-18-11-9-15(16-5-2)13-7-6-8-14(12-13)17-3/h6-8,12,15-16H,4-5,9-11H2,1-3H3. The molecule has 1 aromatic rings. The second-order valence-corrected chi connectivity index (χ2v) is 4.29. The Labute approximate surface area is 110 Å². The van der Waals surface area contributed by atoms with Gasteiger partial charge in [0, 0.05) is 19.3 Å². The average Bonchev–Trinajstić information content (AvgIpc) is 2.42. The van der Waals surface area contributed by atoms with Crippen molar-refractivity contribution in [3.63, 3.8) is 0 Å². The predicted octanol–water partition coefficient (Wildman–Crippen LogP) is 3.16. The zero-order valence-electron chi connectivity index (χ0n) is 11.7. The molecule has 1 unspecified atom stereocenters. The van der Waals surface area contributed by atoms with Crippen molar-refractivity contribution in [3.05, 3.63) is 29.8 Å². The summed E-state index contributed by atoms with van der Waals surface area (Å²) in [6, 6.07) is 8.57. The van der Waals surface area contributed by atoms with Crippen LogP contribution in [0, 0.1) is 0 Å². The predicted molar refractivity (Wildman–Crippen MR) is 75.1 cm³/mol. The van der Waals surface area contributed by atoms with E-state index in [4.69, 9.17) is 9.47 Å². The summed E-state index contributed by atoms with van der Waals surface area (Å²) < 4.78 is 10.8. The summed E-state index contributed by atoms with van der Waals surface area (Å²) in [5, 5.41) is 3.49. The quantitative estimate of drug-likeness (QED) is 0.684. The molecule has 1 aromatic carbocycles. The third-order valence-electron chi connectivity index (χ3n) is 2.85. The number of methoxy groups -OCH3 is 1. The summed E-state index contributed by atoms with van der Waals surface area (Å²) in [5.41, 5.74) is 1.26. The van der Waals surface area contributed by atoms with Crippen LogP contribution in [0.25, 0.3) is 0 Å².